The van der Waals surface area contributed by atoms with Gasteiger partial charge in [0.15, 0.2) is 7.98 Å². The molecule has 0 unspecified atom stereocenters. The minimum atomic E-state index is -1.22. The number of carbonyl (C=O) groups is 4. The third-order valence-corrected chi connectivity index (χ3v) is 10.5. The van der Waals surface area contributed by atoms with Crippen LogP contribution in [0.2, 0.25) is 0 Å². The van der Waals surface area contributed by atoms with Crippen LogP contribution in [0.4, 0.5) is 0 Å². The molecule has 278 valence electrons. The second-order valence-corrected chi connectivity index (χ2v) is 14.1. The van der Waals surface area contributed by atoms with Crippen molar-refractivity contribution in [3.8, 4) is 22.8 Å². The molecule has 6 rings (SSSR count). The van der Waals surface area contributed by atoms with Gasteiger partial charge >= 0.3 is 0 Å². The SMILES string of the molecule is BN[C@@H](CNC(=O)/C=C/C)C(=O)N1C[C@H](Oc2cc(-c3ccccc3)nc3cc(OC)ccc23)C[C@H]1C(=O)N[C@]1(C(=O)NSc2ccccc2)C[C@H]1C=C. The molecule has 54 heavy (non-hydrogen) atoms. The summed E-state index contributed by atoms with van der Waals surface area (Å²) in [6.07, 6.45) is 4.55. The van der Waals surface area contributed by atoms with Gasteiger partial charge in [0, 0.05) is 46.9 Å². The molecule has 1 aromatic heterocycles. The summed E-state index contributed by atoms with van der Waals surface area (Å²) < 4.78 is 15.1. The molecule has 0 bridgehead atoms. The van der Waals surface area contributed by atoms with Crippen molar-refractivity contribution in [3.05, 3.63) is 110 Å². The van der Waals surface area contributed by atoms with Crippen molar-refractivity contribution in [1.82, 2.24) is 30.5 Å². The molecule has 1 saturated heterocycles. The van der Waals surface area contributed by atoms with Gasteiger partial charge < -0.3 is 30.2 Å². The van der Waals surface area contributed by atoms with Gasteiger partial charge in [0.1, 0.15) is 29.2 Å². The number of aromatic nitrogens is 1. The molecule has 5 atom stereocenters. The summed E-state index contributed by atoms with van der Waals surface area (Å²) >= 11 is 1.16. The fraction of sp³-hybridized carbons (Fsp3) is 0.275. The standard InChI is InChI=1S/C40H43BN6O6S/c1-4-12-36(48)42-23-33(45-41)38(50)47-24-28(53-35-21-31(25-13-8-6-9-14-25)43-32-19-27(52-3)17-18-30(32)35)20-34(47)37(49)44-40(22-26(40)5-2)39(51)46-54-29-15-10-7-11-16-29/h4-19,21,26,28,33-34,45H,2,20,22-24,41H2,1,3H3,(H,42,48)(H,44,49)(H,46,51)/b12-4+/t26-,28-,33+,34+,40-/m1/s1. The molecule has 14 heteroatoms. The van der Waals surface area contributed by atoms with E-state index in [1.807, 2.05) is 84.9 Å². The first-order valence-electron chi connectivity index (χ1n) is 17.8. The number of carbonyl (C=O) groups excluding carboxylic acids is 4. The van der Waals surface area contributed by atoms with Crippen LogP contribution in [0.25, 0.3) is 22.2 Å². The number of nitrogens with one attached hydrogen (secondary N) is 4. The first-order chi connectivity index (χ1) is 26.2. The smallest absolute Gasteiger partial charge is 0.256 e. The minimum absolute atomic E-state index is 0.00623. The normalized spacial score (nSPS) is 20.9. The predicted molar refractivity (Wildman–Crippen MR) is 211 cm³/mol. The fourth-order valence-electron chi connectivity index (χ4n) is 6.66. The van der Waals surface area contributed by atoms with Crippen LogP contribution in [-0.4, -0.2) is 85.4 Å². The van der Waals surface area contributed by atoms with Gasteiger partial charge in [0.25, 0.3) is 5.91 Å². The van der Waals surface area contributed by atoms with Crippen molar-refractivity contribution < 1.29 is 28.7 Å². The number of rotatable bonds is 15. The van der Waals surface area contributed by atoms with E-state index in [1.165, 1.54) is 11.0 Å². The topological polar surface area (TPSA) is 151 Å². The van der Waals surface area contributed by atoms with Gasteiger partial charge in [-0.25, -0.2) is 4.98 Å². The number of nitrogens with zero attached hydrogens (tertiary/aromatic N) is 2. The van der Waals surface area contributed by atoms with Crippen LogP contribution in [0, 0.1) is 5.92 Å². The van der Waals surface area contributed by atoms with Gasteiger partial charge in [-0.15, -0.1) is 6.58 Å². The number of pyridine rings is 1. The second-order valence-electron chi connectivity index (χ2n) is 13.2. The molecule has 1 aliphatic carbocycles. The van der Waals surface area contributed by atoms with Crippen molar-refractivity contribution >= 4 is 54.5 Å². The van der Waals surface area contributed by atoms with E-state index in [4.69, 9.17) is 14.5 Å². The Kier molecular flexibility index (Phi) is 12.0. The molecule has 12 nitrogen and oxygen atoms in total. The van der Waals surface area contributed by atoms with E-state index < -0.39 is 35.5 Å². The Morgan fingerprint density at radius 1 is 1.07 bits per heavy atom. The third-order valence-electron chi connectivity index (χ3n) is 9.69. The molecular weight excluding hydrogens is 703 g/mol. The Morgan fingerprint density at radius 2 is 1.81 bits per heavy atom. The molecule has 4 aromatic rings. The molecule has 1 saturated carbocycles. The summed E-state index contributed by atoms with van der Waals surface area (Å²) in [6.45, 7) is 5.68. The van der Waals surface area contributed by atoms with Crippen LogP contribution in [0.15, 0.2) is 115 Å². The monoisotopic (exact) mass is 746 g/mol. The van der Waals surface area contributed by atoms with Gasteiger partial charge in [0.05, 0.1) is 30.9 Å². The lowest BCUT2D eigenvalue weighted by molar-refractivity contribution is -0.140. The molecule has 4 N–H and O–H groups in total. The summed E-state index contributed by atoms with van der Waals surface area (Å²) in [7, 11) is 3.21. The molecular formula is C40H43BN6O6S. The Morgan fingerprint density at radius 3 is 2.48 bits per heavy atom. The average molecular weight is 747 g/mol. The summed E-state index contributed by atoms with van der Waals surface area (Å²) in [5.41, 5.74) is 1.01. The molecule has 2 heterocycles. The van der Waals surface area contributed by atoms with Gasteiger partial charge in [-0.05, 0) is 55.6 Å². The zero-order valence-electron chi connectivity index (χ0n) is 30.4. The van der Waals surface area contributed by atoms with Gasteiger partial charge in [-0.3, -0.25) is 23.9 Å². The van der Waals surface area contributed by atoms with Crippen LogP contribution in [0.5, 0.6) is 11.5 Å². The van der Waals surface area contributed by atoms with Crippen molar-refractivity contribution in [2.24, 2.45) is 5.92 Å². The maximum atomic E-state index is 14.3. The number of likely N-dealkylation sites (tertiary alicyclic amines) is 1. The molecule has 1 aliphatic heterocycles. The first kappa shape index (κ1) is 38.1. The number of ether oxygens (including phenoxy) is 2. The Balaban J connectivity index is 1.29. The van der Waals surface area contributed by atoms with E-state index in [1.54, 1.807) is 34.2 Å². The maximum absolute atomic E-state index is 14.3. The van der Waals surface area contributed by atoms with E-state index >= 15 is 0 Å². The highest BCUT2D eigenvalue weighted by Gasteiger charge is 2.61. The number of amides is 4. The van der Waals surface area contributed by atoms with Gasteiger partial charge in [-0.2, -0.15) is 0 Å². The van der Waals surface area contributed by atoms with Gasteiger partial charge in [-0.1, -0.05) is 60.7 Å². The summed E-state index contributed by atoms with van der Waals surface area (Å²) in [5, 5.41) is 9.46. The molecule has 0 spiro atoms. The van der Waals surface area contributed by atoms with Crippen LogP contribution >= 0.6 is 11.9 Å². The number of hydrogen-bond acceptors (Lipinski definition) is 9. The minimum Gasteiger partial charge on any atom is -0.497 e. The highest BCUT2D eigenvalue weighted by molar-refractivity contribution is 7.98. The summed E-state index contributed by atoms with van der Waals surface area (Å²) in [5.74, 6) is -0.703. The van der Waals surface area contributed by atoms with E-state index in [-0.39, 0.29) is 37.2 Å². The number of hydrogen-bond donors (Lipinski definition) is 4. The number of fused-ring (bicyclic) bond motifs is 1. The third kappa shape index (κ3) is 8.45. The fourth-order valence-corrected chi connectivity index (χ4v) is 7.35. The Labute approximate surface area is 319 Å². The number of allylic oxidation sites excluding steroid dienone is 1. The van der Waals surface area contributed by atoms with E-state index in [0.29, 0.717) is 29.1 Å². The van der Waals surface area contributed by atoms with Crippen LogP contribution in [0.3, 0.4) is 0 Å². The van der Waals surface area contributed by atoms with Crippen molar-refractivity contribution in [1.29, 1.82) is 0 Å². The predicted octanol–water partition coefficient (Wildman–Crippen LogP) is 3.34. The largest absolute Gasteiger partial charge is 0.497 e. The highest BCUT2D eigenvalue weighted by atomic mass is 32.2. The second kappa shape index (κ2) is 17.0. The number of methoxy groups -OCH3 is 1. The van der Waals surface area contributed by atoms with Crippen molar-refractivity contribution in [2.75, 3.05) is 20.2 Å². The molecule has 0 radical (unpaired) electrons. The average Bonchev–Trinajstić information content (AvgIpc) is 3.75. The Hall–Kier alpha value is -5.60. The van der Waals surface area contributed by atoms with Crippen molar-refractivity contribution in [3.63, 3.8) is 0 Å². The van der Waals surface area contributed by atoms with Crippen LogP contribution in [0.1, 0.15) is 19.8 Å². The zero-order chi connectivity index (χ0) is 38.2. The number of benzene rings is 3. The summed E-state index contributed by atoms with van der Waals surface area (Å²) in [6, 6.07) is 24.7. The maximum Gasteiger partial charge on any atom is 0.256 e. The highest BCUT2D eigenvalue weighted by Crippen LogP contribution is 2.45. The lowest BCUT2D eigenvalue weighted by Gasteiger charge is -2.29. The van der Waals surface area contributed by atoms with Crippen LogP contribution in [-0.2, 0) is 19.2 Å². The Bertz CT molecular complexity index is 2050. The van der Waals surface area contributed by atoms with E-state index in [2.05, 4.69) is 27.2 Å². The molecule has 2 aliphatic rings. The van der Waals surface area contributed by atoms with E-state index in [0.717, 1.165) is 27.8 Å². The van der Waals surface area contributed by atoms with Crippen LogP contribution < -0.4 is 30.1 Å². The first-order valence-corrected chi connectivity index (χ1v) is 18.6. The quantitative estimate of drug-likeness (QED) is 0.0622. The summed E-state index contributed by atoms with van der Waals surface area (Å²) in [4.78, 5) is 61.6. The molecule has 2 fully saturated rings. The molecule has 3 aromatic carbocycles. The molecule has 4 amide bonds. The lowest BCUT2D eigenvalue weighted by Crippen LogP contribution is -2.58. The lowest BCUT2D eigenvalue weighted by atomic mass is 10.1. The van der Waals surface area contributed by atoms with Crippen molar-refractivity contribution in [2.45, 2.75) is 48.4 Å². The van der Waals surface area contributed by atoms with Gasteiger partial charge in [0.2, 0.25) is 17.7 Å². The zero-order valence-corrected chi connectivity index (χ0v) is 31.2. The van der Waals surface area contributed by atoms with E-state index in [9.17, 15) is 19.2 Å².